The van der Waals surface area contributed by atoms with Crippen molar-refractivity contribution in [3.63, 3.8) is 0 Å². The van der Waals surface area contributed by atoms with E-state index in [1.807, 2.05) is 18.2 Å². The van der Waals surface area contributed by atoms with Crippen molar-refractivity contribution >= 4 is 26.0 Å². The highest BCUT2D eigenvalue weighted by Gasteiger charge is 2.26. The molecule has 20 heavy (non-hydrogen) atoms. The number of rotatable bonds is 3. The summed E-state index contributed by atoms with van der Waals surface area (Å²) in [5, 5.41) is 0. The van der Waals surface area contributed by atoms with Gasteiger partial charge in [-0.15, -0.1) is 0 Å². The quantitative estimate of drug-likeness (QED) is 0.920. The van der Waals surface area contributed by atoms with Crippen LogP contribution in [0.15, 0.2) is 57.9 Å². The van der Waals surface area contributed by atoms with E-state index in [1.54, 1.807) is 24.3 Å². The Morgan fingerprint density at radius 1 is 1.05 bits per heavy atom. The number of aryl methyl sites for hydroxylation is 1. The van der Waals surface area contributed by atoms with E-state index in [0.717, 1.165) is 22.9 Å². The molecule has 0 aromatic heterocycles. The van der Waals surface area contributed by atoms with Crippen molar-refractivity contribution in [3.8, 4) is 0 Å². The Hall–Kier alpha value is -1.17. The second-order valence-corrected chi connectivity index (χ2v) is 7.49. The molecule has 2 aromatic rings. The zero-order valence-corrected chi connectivity index (χ0v) is 13.1. The van der Waals surface area contributed by atoms with E-state index in [4.69, 9.17) is 0 Å². The lowest BCUT2D eigenvalue weighted by Gasteiger charge is -2.14. The minimum atomic E-state index is -3.47. The Bertz CT molecular complexity index is 726. The number of hydrogen-bond donors (Lipinski definition) is 1. The fourth-order valence-electron chi connectivity index (χ4n) is 2.55. The van der Waals surface area contributed by atoms with Crippen molar-refractivity contribution in [2.45, 2.75) is 23.8 Å². The van der Waals surface area contributed by atoms with Gasteiger partial charge in [0.15, 0.2) is 0 Å². The molecule has 1 aliphatic carbocycles. The van der Waals surface area contributed by atoms with E-state index in [1.165, 1.54) is 5.56 Å². The summed E-state index contributed by atoms with van der Waals surface area (Å²) in [6.45, 7) is 0. The van der Waals surface area contributed by atoms with E-state index >= 15 is 0 Å². The molecule has 3 rings (SSSR count). The number of fused-ring (bicyclic) bond motifs is 1. The molecule has 0 aliphatic heterocycles. The molecule has 0 saturated carbocycles. The smallest absolute Gasteiger partial charge is 0.207 e. The van der Waals surface area contributed by atoms with E-state index < -0.39 is 10.0 Å². The summed E-state index contributed by atoms with van der Waals surface area (Å²) in [5.41, 5.74) is 2.32. The summed E-state index contributed by atoms with van der Waals surface area (Å²) < 4.78 is 28.4. The van der Waals surface area contributed by atoms with E-state index in [9.17, 15) is 8.42 Å². The summed E-state index contributed by atoms with van der Waals surface area (Å²) in [4.78, 5) is 0.296. The van der Waals surface area contributed by atoms with Gasteiger partial charge in [-0.3, -0.25) is 0 Å². The number of halogens is 1. The molecule has 0 heterocycles. The van der Waals surface area contributed by atoms with Crippen molar-refractivity contribution in [2.75, 3.05) is 0 Å². The highest BCUT2D eigenvalue weighted by molar-refractivity contribution is 9.10. The van der Waals surface area contributed by atoms with Gasteiger partial charge in [-0.05, 0) is 48.2 Å². The maximum atomic E-state index is 12.4. The first kappa shape index (κ1) is 13.8. The highest BCUT2D eigenvalue weighted by Crippen LogP contribution is 2.32. The van der Waals surface area contributed by atoms with Gasteiger partial charge in [0.1, 0.15) is 0 Å². The third-order valence-electron chi connectivity index (χ3n) is 3.55. The number of nitrogens with one attached hydrogen (secondary N) is 1. The Labute approximate surface area is 127 Å². The van der Waals surface area contributed by atoms with Crippen LogP contribution in [-0.4, -0.2) is 8.42 Å². The summed E-state index contributed by atoms with van der Waals surface area (Å²) >= 11 is 3.31. The molecule has 0 radical (unpaired) electrons. The number of benzene rings is 2. The molecule has 1 atom stereocenters. The van der Waals surface area contributed by atoms with Gasteiger partial charge in [0.05, 0.1) is 4.90 Å². The van der Waals surface area contributed by atoms with Crippen molar-refractivity contribution in [3.05, 3.63) is 64.1 Å². The molecule has 0 saturated heterocycles. The molecule has 1 N–H and O–H groups in total. The lowest BCUT2D eigenvalue weighted by atomic mass is 10.1. The van der Waals surface area contributed by atoms with Gasteiger partial charge in [-0.2, -0.15) is 0 Å². The molecule has 0 unspecified atom stereocenters. The zero-order valence-electron chi connectivity index (χ0n) is 10.7. The van der Waals surface area contributed by atoms with Gasteiger partial charge in [-0.25, -0.2) is 13.1 Å². The largest absolute Gasteiger partial charge is 0.241 e. The summed E-state index contributed by atoms with van der Waals surface area (Å²) in [7, 11) is -3.47. The Kier molecular flexibility index (Phi) is 3.67. The molecular formula is C15H14BrNO2S. The maximum absolute atomic E-state index is 12.4. The third kappa shape index (κ3) is 2.66. The summed E-state index contributed by atoms with van der Waals surface area (Å²) in [5.74, 6) is 0. The van der Waals surface area contributed by atoms with Crippen LogP contribution in [0.2, 0.25) is 0 Å². The van der Waals surface area contributed by atoms with Crippen molar-refractivity contribution < 1.29 is 8.42 Å². The second kappa shape index (κ2) is 5.31. The van der Waals surface area contributed by atoms with Crippen molar-refractivity contribution in [1.29, 1.82) is 0 Å². The van der Waals surface area contributed by atoms with Gasteiger partial charge in [0.2, 0.25) is 10.0 Å². The van der Waals surface area contributed by atoms with Crippen molar-refractivity contribution in [1.82, 2.24) is 4.72 Å². The van der Waals surface area contributed by atoms with Crippen LogP contribution in [0.3, 0.4) is 0 Å². The second-order valence-electron chi connectivity index (χ2n) is 4.87. The summed E-state index contributed by atoms with van der Waals surface area (Å²) in [6.07, 6.45) is 1.73. The molecule has 0 amide bonds. The fourth-order valence-corrected chi connectivity index (χ4v) is 4.06. The molecule has 1 aliphatic rings. The highest BCUT2D eigenvalue weighted by atomic mass is 79.9. The number of hydrogen-bond acceptors (Lipinski definition) is 2. The van der Waals surface area contributed by atoms with Crippen LogP contribution in [-0.2, 0) is 16.4 Å². The minimum absolute atomic E-state index is 0.125. The average molecular weight is 352 g/mol. The molecule has 0 fully saturated rings. The van der Waals surface area contributed by atoms with Crippen LogP contribution in [0, 0.1) is 0 Å². The van der Waals surface area contributed by atoms with E-state index in [-0.39, 0.29) is 6.04 Å². The monoisotopic (exact) mass is 351 g/mol. The first-order chi connectivity index (χ1) is 9.56. The van der Waals surface area contributed by atoms with Gasteiger partial charge < -0.3 is 0 Å². The standard InChI is InChI=1S/C15H14BrNO2S/c16-12-6-8-13(9-7-12)20(18,19)17-15-10-5-11-3-1-2-4-14(11)15/h1-4,6-9,15,17H,5,10H2/t15-/m1/s1. The molecule has 5 heteroatoms. The van der Waals surface area contributed by atoms with Crippen LogP contribution in [0.25, 0.3) is 0 Å². The van der Waals surface area contributed by atoms with Crippen LogP contribution in [0.4, 0.5) is 0 Å². The number of sulfonamides is 1. The Morgan fingerprint density at radius 3 is 2.50 bits per heavy atom. The molecule has 3 nitrogen and oxygen atoms in total. The Balaban J connectivity index is 1.86. The van der Waals surface area contributed by atoms with Crippen LogP contribution in [0.1, 0.15) is 23.6 Å². The van der Waals surface area contributed by atoms with Crippen LogP contribution in [0.5, 0.6) is 0 Å². The lowest BCUT2D eigenvalue weighted by molar-refractivity contribution is 0.554. The maximum Gasteiger partial charge on any atom is 0.241 e. The van der Waals surface area contributed by atoms with Crippen LogP contribution < -0.4 is 4.72 Å². The topological polar surface area (TPSA) is 46.2 Å². The average Bonchev–Trinajstić information content (AvgIpc) is 2.82. The first-order valence-electron chi connectivity index (χ1n) is 6.42. The minimum Gasteiger partial charge on any atom is -0.207 e. The van der Waals surface area contributed by atoms with E-state index in [0.29, 0.717) is 4.90 Å². The van der Waals surface area contributed by atoms with Crippen LogP contribution >= 0.6 is 15.9 Å². The normalized spacial score (nSPS) is 17.9. The zero-order chi connectivity index (χ0) is 14.2. The SMILES string of the molecule is O=S(=O)(N[C@@H]1CCc2ccccc21)c1ccc(Br)cc1. The van der Waals surface area contributed by atoms with Crippen molar-refractivity contribution in [2.24, 2.45) is 0 Å². The molecule has 2 aromatic carbocycles. The Morgan fingerprint density at radius 2 is 1.75 bits per heavy atom. The molecule has 104 valence electrons. The molecule has 0 spiro atoms. The predicted molar refractivity (Wildman–Crippen MR) is 82.0 cm³/mol. The third-order valence-corrected chi connectivity index (χ3v) is 5.57. The fraction of sp³-hybridized carbons (Fsp3) is 0.200. The molecular weight excluding hydrogens is 338 g/mol. The lowest BCUT2D eigenvalue weighted by Crippen LogP contribution is -2.27. The predicted octanol–water partition coefficient (Wildman–Crippen LogP) is 3.41. The van der Waals surface area contributed by atoms with E-state index in [2.05, 4.69) is 26.7 Å². The molecule has 0 bridgehead atoms. The first-order valence-corrected chi connectivity index (χ1v) is 8.69. The van der Waals surface area contributed by atoms with Gasteiger partial charge in [-0.1, -0.05) is 40.2 Å². The summed E-state index contributed by atoms with van der Waals surface area (Å²) in [6, 6.07) is 14.5. The van der Waals surface area contributed by atoms with Gasteiger partial charge >= 0.3 is 0 Å². The van der Waals surface area contributed by atoms with Gasteiger partial charge in [0, 0.05) is 10.5 Å². The van der Waals surface area contributed by atoms with Gasteiger partial charge in [0.25, 0.3) is 0 Å².